The molecule has 0 radical (unpaired) electrons. The number of methoxy groups -OCH3 is 2. The zero-order chi connectivity index (χ0) is 16.4. The highest BCUT2D eigenvalue weighted by atomic mass is 32.1. The van der Waals surface area contributed by atoms with E-state index in [9.17, 15) is 9.18 Å². The average molecular weight is 332 g/mol. The first kappa shape index (κ1) is 15.2. The van der Waals surface area contributed by atoms with Gasteiger partial charge in [0, 0.05) is 12.1 Å². The van der Waals surface area contributed by atoms with Crippen molar-refractivity contribution < 1.29 is 18.7 Å². The second-order valence-corrected chi connectivity index (χ2v) is 5.66. The highest BCUT2D eigenvalue weighted by Crippen LogP contribution is 2.36. The van der Waals surface area contributed by atoms with Crippen molar-refractivity contribution in [3.63, 3.8) is 0 Å². The molecular weight excluding hydrogens is 319 g/mol. The molecule has 5 nitrogen and oxygen atoms in total. The van der Waals surface area contributed by atoms with Crippen molar-refractivity contribution in [2.75, 3.05) is 19.5 Å². The van der Waals surface area contributed by atoms with Crippen LogP contribution in [0.25, 0.3) is 10.2 Å². The SMILES string of the molecule is COc1cc2nc(NC(=O)c3ccccc3F)sc2cc1OC. The third kappa shape index (κ3) is 2.95. The number of amides is 1. The van der Waals surface area contributed by atoms with E-state index in [0.717, 1.165) is 4.70 Å². The van der Waals surface area contributed by atoms with E-state index in [4.69, 9.17) is 9.47 Å². The lowest BCUT2D eigenvalue weighted by atomic mass is 10.2. The predicted octanol–water partition coefficient (Wildman–Crippen LogP) is 3.70. The number of benzene rings is 2. The number of carbonyl (C=O) groups is 1. The molecule has 23 heavy (non-hydrogen) atoms. The van der Waals surface area contributed by atoms with Crippen molar-refractivity contribution in [2.45, 2.75) is 0 Å². The van der Waals surface area contributed by atoms with Crippen molar-refractivity contribution in [3.8, 4) is 11.5 Å². The number of rotatable bonds is 4. The van der Waals surface area contributed by atoms with Gasteiger partial charge in [-0.15, -0.1) is 0 Å². The summed E-state index contributed by atoms with van der Waals surface area (Å²) in [5.74, 6) is 0.0171. The molecule has 0 fully saturated rings. The minimum Gasteiger partial charge on any atom is -0.493 e. The van der Waals surface area contributed by atoms with Crippen LogP contribution in [0, 0.1) is 5.82 Å². The number of thiazole rings is 1. The number of fused-ring (bicyclic) bond motifs is 1. The van der Waals surface area contributed by atoms with Crippen molar-refractivity contribution in [1.29, 1.82) is 0 Å². The maximum atomic E-state index is 13.6. The largest absolute Gasteiger partial charge is 0.493 e. The van der Waals surface area contributed by atoms with Gasteiger partial charge in [-0.2, -0.15) is 0 Å². The van der Waals surface area contributed by atoms with E-state index < -0.39 is 11.7 Å². The fraction of sp³-hybridized carbons (Fsp3) is 0.125. The smallest absolute Gasteiger partial charge is 0.260 e. The third-order valence-electron chi connectivity index (χ3n) is 3.23. The molecule has 1 amide bonds. The van der Waals surface area contributed by atoms with Crippen LogP contribution in [0.3, 0.4) is 0 Å². The Balaban J connectivity index is 1.92. The number of aromatic nitrogens is 1. The van der Waals surface area contributed by atoms with Gasteiger partial charge in [0.2, 0.25) is 0 Å². The lowest BCUT2D eigenvalue weighted by molar-refractivity contribution is 0.102. The maximum absolute atomic E-state index is 13.6. The van der Waals surface area contributed by atoms with Crippen LogP contribution in [0.15, 0.2) is 36.4 Å². The molecule has 0 aliphatic carbocycles. The Morgan fingerprint density at radius 2 is 1.87 bits per heavy atom. The van der Waals surface area contributed by atoms with Gasteiger partial charge in [-0.25, -0.2) is 9.37 Å². The van der Waals surface area contributed by atoms with E-state index in [1.807, 2.05) is 0 Å². The average Bonchev–Trinajstić information content (AvgIpc) is 2.94. The van der Waals surface area contributed by atoms with Gasteiger partial charge in [-0.1, -0.05) is 23.5 Å². The summed E-state index contributed by atoms with van der Waals surface area (Å²) in [7, 11) is 3.09. The molecule has 2 aromatic carbocycles. The first-order valence-corrected chi connectivity index (χ1v) is 7.52. The first-order valence-electron chi connectivity index (χ1n) is 6.71. The molecule has 0 saturated carbocycles. The van der Waals surface area contributed by atoms with Crippen LogP contribution in [0.4, 0.5) is 9.52 Å². The molecule has 0 unspecified atom stereocenters. The van der Waals surface area contributed by atoms with E-state index in [-0.39, 0.29) is 5.56 Å². The molecule has 1 heterocycles. The predicted molar refractivity (Wildman–Crippen MR) is 87.1 cm³/mol. The molecule has 0 aliphatic heterocycles. The van der Waals surface area contributed by atoms with Gasteiger partial charge in [-0.3, -0.25) is 10.1 Å². The summed E-state index contributed by atoms with van der Waals surface area (Å²) < 4.78 is 24.9. The Bertz CT molecular complexity index is 838. The second-order valence-electron chi connectivity index (χ2n) is 4.63. The minimum absolute atomic E-state index is 0.0260. The molecule has 0 saturated heterocycles. The summed E-state index contributed by atoms with van der Waals surface area (Å²) >= 11 is 1.27. The normalized spacial score (nSPS) is 10.6. The number of ether oxygens (including phenoxy) is 2. The molecule has 1 aromatic heterocycles. The minimum atomic E-state index is -0.575. The van der Waals surface area contributed by atoms with Crippen molar-refractivity contribution in [3.05, 3.63) is 47.8 Å². The van der Waals surface area contributed by atoms with Gasteiger partial charge in [-0.05, 0) is 12.1 Å². The second kappa shape index (κ2) is 6.21. The number of anilines is 1. The van der Waals surface area contributed by atoms with Crippen LogP contribution in [-0.4, -0.2) is 25.1 Å². The number of halogens is 1. The van der Waals surface area contributed by atoms with E-state index in [0.29, 0.717) is 22.1 Å². The Morgan fingerprint density at radius 3 is 2.57 bits per heavy atom. The third-order valence-corrected chi connectivity index (χ3v) is 4.17. The van der Waals surface area contributed by atoms with E-state index in [1.54, 1.807) is 25.3 Å². The molecule has 3 aromatic rings. The van der Waals surface area contributed by atoms with Gasteiger partial charge >= 0.3 is 0 Å². The lowest BCUT2D eigenvalue weighted by Gasteiger charge is -2.05. The Labute approximate surface area is 135 Å². The lowest BCUT2D eigenvalue weighted by Crippen LogP contribution is -2.13. The van der Waals surface area contributed by atoms with Gasteiger partial charge in [0.25, 0.3) is 5.91 Å². The monoisotopic (exact) mass is 332 g/mol. The van der Waals surface area contributed by atoms with Gasteiger partial charge < -0.3 is 9.47 Å². The van der Waals surface area contributed by atoms with Crippen LogP contribution in [0.5, 0.6) is 11.5 Å². The first-order chi connectivity index (χ1) is 11.1. The van der Waals surface area contributed by atoms with Crippen LogP contribution in [-0.2, 0) is 0 Å². The topological polar surface area (TPSA) is 60.5 Å². The van der Waals surface area contributed by atoms with Crippen LogP contribution in [0.2, 0.25) is 0 Å². The molecule has 1 N–H and O–H groups in total. The summed E-state index contributed by atoms with van der Waals surface area (Å²) in [5.41, 5.74) is 0.637. The van der Waals surface area contributed by atoms with E-state index >= 15 is 0 Å². The zero-order valence-electron chi connectivity index (χ0n) is 12.4. The van der Waals surface area contributed by atoms with Crippen LogP contribution < -0.4 is 14.8 Å². The molecule has 0 bridgehead atoms. The quantitative estimate of drug-likeness (QED) is 0.791. The molecular formula is C16H13FN2O3S. The summed E-state index contributed by atoms with van der Waals surface area (Å²) in [6, 6.07) is 9.30. The Kier molecular flexibility index (Phi) is 4.12. The summed E-state index contributed by atoms with van der Waals surface area (Å²) in [6.07, 6.45) is 0. The summed E-state index contributed by atoms with van der Waals surface area (Å²) in [4.78, 5) is 16.4. The van der Waals surface area contributed by atoms with Crippen molar-refractivity contribution in [2.24, 2.45) is 0 Å². The van der Waals surface area contributed by atoms with Crippen LogP contribution in [0.1, 0.15) is 10.4 Å². The maximum Gasteiger partial charge on any atom is 0.260 e. The number of nitrogens with one attached hydrogen (secondary N) is 1. The highest BCUT2D eigenvalue weighted by molar-refractivity contribution is 7.22. The summed E-state index contributed by atoms with van der Waals surface area (Å²) in [6.45, 7) is 0. The van der Waals surface area contributed by atoms with Crippen LogP contribution >= 0.6 is 11.3 Å². The van der Waals surface area contributed by atoms with Gasteiger partial charge in [0.05, 0.1) is 30.0 Å². The van der Waals surface area contributed by atoms with Crippen molar-refractivity contribution >= 4 is 32.6 Å². The summed E-state index contributed by atoms with van der Waals surface area (Å²) in [5, 5.41) is 2.99. The number of carbonyl (C=O) groups excluding carboxylic acids is 1. The number of hydrogen-bond acceptors (Lipinski definition) is 5. The highest BCUT2D eigenvalue weighted by Gasteiger charge is 2.15. The van der Waals surface area contributed by atoms with Crippen molar-refractivity contribution in [1.82, 2.24) is 4.98 Å². The molecule has 0 atom stereocenters. The van der Waals surface area contributed by atoms with Gasteiger partial charge in [0.1, 0.15) is 5.82 Å². The number of nitrogens with zero attached hydrogens (tertiary/aromatic N) is 1. The zero-order valence-corrected chi connectivity index (χ0v) is 13.2. The molecule has 3 rings (SSSR count). The fourth-order valence-electron chi connectivity index (χ4n) is 2.12. The van der Waals surface area contributed by atoms with E-state index in [2.05, 4.69) is 10.3 Å². The Hall–Kier alpha value is -2.67. The molecule has 118 valence electrons. The molecule has 0 aliphatic rings. The van der Waals surface area contributed by atoms with Gasteiger partial charge in [0.15, 0.2) is 16.6 Å². The standard InChI is InChI=1S/C16H13FN2O3S/c1-21-12-7-11-14(8-13(12)22-2)23-16(18-11)19-15(20)9-5-3-4-6-10(9)17/h3-8H,1-2H3,(H,18,19,20). The van der Waals surface area contributed by atoms with E-state index in [1.165, 1.54) is 36.6 Å². The Morgan fingerprint density at radius 1 is 1.17 bits per heavy atom. The molecule has 0 spiro atoms. The number of hydrogen-bond donors (Lipinski definition) is 1. The fourth-order valence-corrected chi connectivity index (χ4v) is 2.99. The molecule has 7 heteroatoms.